The summed E-state index contributed by atoms with van der Waals surface area (Å²) >= 11 is 0. The van der Waals surface area contributed by atoms with Crippen LogP contribution in [0.5, 0.6) is 34.5 Å². The number of phenolic OH excluding ortho intramolecular Hbond substituents is 2. The lowest BCUT2D eigenvalue weighted by Gasteiger charge is -2.32. The molecule has 0 fully saturated rings. The molecule has 0 bridgehead atoms. The Morgan fingerprint density at radius 1 is 0.518 bits per heavy atom. The Bertz CT molecular complexity index is 2560. The van der Waals surface area contributed by atoms with Crippen LogP contribution >= 0.6 is 0 Å². The van der Waals surface area contributed by atoms with Gasteiger partial charge in [-0.2, -0.15) is 0 Å². The largest absolute Gasteiger partial charge is 0.507 e. The second kappa shape index (κ2) is 14.3. The van der Waals surface area contributed by atoms with Gasteiger partial charge in [0.15, 0.2) is 0 Å². The Balaban J connectivity index is 1.50. The molecule has 4 atom stereocenters. The van der Waals surface area contributed by atoms with Crippen LogP contribution in [0.4, 0.5) is 0 Å². The van der Waals surface area contributed by atoms with E-state index >= 15 is 0 Å². The van der Waals surface area contributed by atoms with Crippen LogP contribution in [0.15, 0.2) is 60.7 Å². The molecule has 8 heteroatoms. The highest BCUT2D eigenvalue weighted by atomic mass is 16.5. The molecule has 4 N–H and O–H groups in total. The summed E-state index contributed by atoms with van der Waals surface area (Å²) in [6.07, 6.45) is 1.55. The molecule has 2 aliphatic heterocycles. The topological polar surface area (TPSA) is 101 Å². The molecular formula is C48H52N2O6. The summed E-state index contributed by atoms with van der Waals surface area (Å²) in [5.74, 6) is 3.12. The maximum Gasteiger partial charge on any atom is 0.138 e. The van der Waals surface area contributed by atoms with Gasteiger partial charge in [-0.05, 0) is 152 Å². The third kappa shape index (κ3) is 5.72. The molecule has 6 aromatic rings. The van der Waals surface area contributed by atoms with E-state index in [1.807, 2.05) is 42.5 Å². The molecule has 0 radical (unpaired) electrons. The summed E-state index contributed by atoms with van der Waals surface area (Å²) in [6.45, 7) is 12.9. The van der Waals surface area contributed by atoms with E-state index in [-0.39, 0.29) is 35.7 Å². The third-order valence-corrected chi connectivity index (χ3v) is 12.2. The third-order valence-electron chi connectivity index (χ3n) is 12.2. The van der Waals surface area contributed by atoms with Gasteiger partial charge < -0.3 is 39.8 Å². The van der Waals surface area contributed by atoms with E-state index in [9.17, 15) is 10.2 Å². The van der Waals surface area contributed by atoms with Crippen LogP contribution in [-0.2, 0) is 12.8 Å². The number of methoxy groups -OCH3 is 4. The minimum Gasteiger partial charge on any atom is -0.507 e. The molecule has 56 heavy (non-hydrogen) atoms. The number of nitrogens with one attached hydrogen (secondary N) is 2. The molecular weight excluding hydrogens is 701 g/mol. The van der Waals surface area contributed by atoms with Gasteiger partial charge in [-0.3, -0.25) is 0 Å². The Kier molecular flexibility index (Phi) is 9.54. The zero-order valence-electron chi connectivity index (χ0n) is 34.0. The standard InChI is InChI=1S/C48H52N2O6/c1-23-19-39(54-8)45-33(41(23)43-34-21-25(3)49-27(5)29(34)13-16-36(43)51)12-11-32(48(45)56-10)31-15-18-38(53-7)47-40(55-9)20-24(2)42(46(31)47)44-35-22-26(4)50-28(6)30(35)14-17-37(44)52/h11-20,25-28,49-52H,21-22H2,1-10H3/t25-,26-,27-,28-/m0/s1. The summed E-state index contributed by atoms with van der Waals surface area (Å²) in [7, 11) is 6.73. The van der Waals surface area contributed by atoms with Crippen molar-refractivity contribution in [2.24, 2.45) is 0 Å². The van der Waals surface area contributed by atoms with Crippen LogP contribution in [0, 0.1) is 13.8 Å². The van der Waals surface area contributed by atoms with Gasteiger partial charge in [0, 0.05) is 46.2 Å². The highest BCUT2D eigenvalue weighted by Gasteiger charge is 2.32. The number of fused-ring (bicyclic) bond motifs is 4. The number of aromatic hydroxyl groups is 2. The normalized spacial score (nSPS) is 19.1. The van der Waals surface area contributed by atoms with Gasteiger partial charge >= 0.3 is 0 Å². The van der Waals surface area contributed by atoms with Gasteiger partial charge in [0.25, 0.3) is 0 Å². The van der Waals surface area contributed by atoms with E-state index in [0.717, 1.165) is 90.0 Å². The van der Waals surface area contributed by atoms with E-state index in [0.29, 0.717) is 23.0 Å². The summed E-state index contributed by atoms with van der Waals surface area (Å²) in [6, 6.07) is 20.8. The molecule has 0 saturated carbocycles. The zero-order chi connectivity index (χ0) is 39.7. The van der Waals surface area contributed by atoms with Crippen molar-refractivity contribution in [2.75, 3.05) is 28.4 Å². The van der Waals surface area contributed by atoms with E-state index in [1.54, 1.807) is 28.4 Å². The molecule has 0 unspecified atom stereocenters. The van der Waals surface area contributed by atoms with E-state index < -0.39 is 0 Å². The first-order valence-corrected chi connectivity index (χ1v) is 19.5. The first-order chi connectivity index (χ1) is 26.9. The van der Waals surface area contributed by atoms with Gasteiger partial charge in [-0.1, -0.05) is 18.2 Å². The van der Waals surface area contributed by atoms with Gasteiger partial charge in [-0.15, -0.1) is 0 Å². The second-order valence-corrected chi connectivity index (χ2v) is 15.7. The van der Waals surface area contributed by atoms with Crippen molar-refractivity contribution in [1.29, 1.82) is 0 Å². The fourth-order valence-corrected chi connectivity index (χ4v) is 9.89. The number of ether oxygens (including phenoxy) is 4. The van der Waals surface area contributed by atoms with Gasteiger partial charge in [0.05, 0.1) is 39.2 Å². The van der Waals surface area contributed by atoms with Crippen molar-refractivity contribution in [2.45, 2.75) is 78.6 Å². The number of rotatable bonds is 7. The Hall–Kier alpha value is -5.44. The fraction of sp³-hybridized carbons (Fsp3) is 0.333. The maximum atomic E-state index is 11.9. The lowest BCUT2D eigenvalue weighted by Crippen LogP contribution is -2.36. The van der Waals surface area contributed by atoms with Crippen molar-refractivity contribution in [3.05, 3.63) is 94.0 Å². The van der Waals surface area contributed by atoms with Crippen LogP contribution in [0.1, 0.15) is 73.2 Å². The SMILES string of the molecule is COc1cc(C)c(-c2c(O)ccc3c2C[C@H](C)N[C@H]3C)c2ccc(-c3ccc(OC)c4c(OC)cc(C)c(-c5c(O)ccc6c5C[C@H](C)N[C@H]6C)c34)c(OC)c12. The molecule has 2 heterocycles. The van der Waals surface area contributed by atoms with Crippen molar-refractivity contribution < 1.29 is 29.2 Å². The average Bonchev–Trinajstić information content (AvgIpc) is 3.17. The Morgan fingerprint density at radius 3 is 1.55 bits per heavy atom. The van der Waals surface area contributed by atoms with Crippen molar-refractivity contribution in [3.63, 3.8) is 0 Å². The molecule has 0 amide bonds. The lowest BCUT2D eigenvalue weighted by atomic mass is 9.80. The predicted molar refractivity (Wildman–Crippen MR) is 226 cm³/mol. The highest BCUT2D eigenvalue weighted by Crippen LogP contribution is 2.54. The van der Waals surface area contributed by atoms with Crippen molar-refractivity contribution in [1.82, 2.24) is 10.6 Å². The highest BCUT2D eigenvalue weighted by molar-refractivity contribution is 6.16. The molecule has 0 aliphatic carbocycles. The number of phenols is 2. The molecule has 8 rings (SSSR count). The molecule has 8 nitrogen and oxygen atoms in total. The maximum absolute atomic E-state index is 11.9. The monoisotopic (exact) mass is 752 g/mol. The van der Waals surface area contributed by atoms with E-state index in [2.05, 4.69) is 70.4 Å². The predicted octanol–water partition coefficient (Wildman–Crippen LogP) is 10.2. The van der Waals surface area contributed by atoms with Gasteiger partial charge in [-0.25, -0.2) is 0 Å². The molecule has 0 saturated heterocycles. The fourth-order valence-electron chi connectivity index (χ4n) is 9.89. The van der Waals surface area contributed by atoms with Crippen molar-refractivity contribution >= 4 is 21.5 Å². The number of hydrogen-bond acceptors (Lipinski definition) is 8. The van der Waals surface area contributed by atoms with Gasteiger partial charge in [0.2, 0.25) is 0 Å². The number of benzene rings is 6. The number of aryl methyl sites for hydroxylation is 2. The van der Waals surface area contributed by atoms with Crippen LogP contribution in [0.2, 0.25) is 0 Å². The lowest BCUT2D eigenvalue weighted by molar-refractivity contribution is 0.404. The molecule has 0 aromatic heterocycles. The summed E-state index contributed by atoms with van der Waals surface area (Å²) in [5.41, 5.74) is 11.9. The average molecular weight is 753 g/mol. The van der Waals surface area contributed by atoms with Crippen LogP contribution in [0.3, 0.4) is 0 Å². The van der Waals surface area contributed by atoms with E-state index in [1.165, 1.54) is 11.1 Å². The summed E-state index contributed by atoms with van der Waals surface area (Å²) < 4.78 is 24.8. The Morgan fingerprint density at radius 2 is 1.02 bits per heavy atom. The number of hydrogen-bond donors (Lipinski definition) is 4. The minimum absolute atomic E-state index is 0.120. The van der Waals surface area contributed by atoms with Gasteiger partial charge in [0.1, 0.15) is 34.5 Å². The molecule has 0 spiro atoms. The first-order valence-electron chi connectivity index (χ1n) is 19.5. The Labute approximate surface area is 329 Å². The summed E-state index contributed by atoms with van der Waals surface area (Å²) in [4.78, 5) is 0. The van der Waals surface area contributed by atoms with Crippen LogP contribution < -0.4 is 29.6 Å². The molecule has 290 valence electrons. The minimum atomic E-state index is 0.120. The van der Waals surface area contributed by atoms with Crippen LogP contribution in [0.25, 0.3) is 54.9 Å². The molecule has 2 aliphatic rings. The van der Waals surface area contributed by atoms with Crippen molar-refractivity contribution in [3.8, 4) is 67.9 Å². The second-order valence-electron chi connectivity index (χ2n) is 15.7. The quantitative estimate of drug-likeness (QED) is 0.128. The van der Waals surface area contributed by atoms with Crippen LogP contribution in [-0.4, -0.2) is 50.7 Å². The first kappa shape index (κ1) is 37.5. The van der Waals surface area contributed by atoms with E-state index in [4.69, 9.17) is 18.9 Å². The zero-order valence-corrected chi connectivity index (χ0v) is 34.0. The summed E-state index contributed by atoms with van der Waals surface area (Å²) in [5, 5.41) is 34.3. The smallest absolute Gasteiger partial charge is 0.138 e. The molecule has 6 aromatic carbocycles.